The van der Waals surface area contributed by atoms with E-state index in [1.807, 2.05) is 81.1 Å². The van der Waals surface area contributed by atoms with Crippen LogP contribution < -0.4 is 15.0 Å². The molecule has 2 N–H and O–H groups in total. The van der Waals surface area contributed by atoms with Crippen molar-refractivity contribution in [2.45, 2.75) is 102 Å². The van der Waals surface area contributed by atoms with Crippen molar-refractivity contribution >= 4 is 11.9 Å². The third-order valence-corrected chi connectivity index (χ3v) is 9.68. The Kier molecular flexibility index (Phi) is 11.3. The molecule has 6 rings (SSSR count). The summed E-state index contributed by atoms with van der Waals surface area (Å²) in [5.74, 6) is -0.607. The molecular weight excluding hydrogens is 622 g/mol. The summed E-state index contributed by atoms with van der Waals surface area (Å²) >= 11 is 0. The summed E-state index contributed by atoms with van der Waals surface area (Å²) in [4.78, 5) is 28.3. The van der Waals surface area contributed by atoms with Gasteiger partial charge >= 0.3 is 5.97 Å². The van der Waals surface area contributed by atoms with Crippen LogP contribution in [0.4, 0.5) is 0 Å². The first-order chi connectivity index (χ1) is 22.9. The molecule has 4 aliphatic rings. The van der Waals surface area contributed by atoms with Crippen molar-refractivity contribution in [2.24, 2.45) is 0 Å². The van der Waals surface area contributed by atoms with Crippen LogP contribution in [0.1, 0.15) is 51.7 Å². The van der Waals surface area contributed by atoms with Crippen LogP contribution in [0.25, 0.3) is 0 Å². The molecule has 264 valence electrons. The summed E-state index contributed by atoms with van der Waals surface area (Å²) in [6.45, 7) is 10.1. The summed E-state index contributed by atoms with van der Waals surface area (Å²) in [6, 6.07) is 14.6. The lowest BCUT2D eigenvalue weighted by atomic mass is 10.1. The average molecular weight is 672 g/mol. The molecule has 4 heterocycles. The number of carbonyl (C=O) groups is 2. The predicted molar refractivity (Wildman–Crippen MR) is 173 cm³/mol. The Bertz CT molecular complexity index is 1260. The number of methoxy groups -OCH3 is 3. The third-order valence-electron chi connectivity index (χ3n) is 9.68. The van der Waals surface area contributed by atoms with Crippen LogP contribution in [0.2, 0.25) is 0 Å². The molecule has 6 atom stereocenters. The van der Waals surface area contributed by atoms with Crippen LogP contribution >= 0.6 is 0 Å². The Morgan fingerprint density at radius 1 is 0.708 bits per heavy atom. The Morgan fingerprint density at radius 3 is 1.44 bits per heavy atom. The Morgan fingerprint density at radius 2 is 1.08 bits per heavy atom. The minimum atomic E-state index is -0.789. The van der Waals surface area contributed by atoms with E-state index in [0.717, 1.165) is 22.6 Å². The first kappa shape index (κ1) is 36.0. The molecular formula is C35H49N3O10. The number of carbonyl (C=O) groups excluding carboxylic acids is 2. The minimum absolute atomic E-state index is 0.0178. The third kappa shape index (κ3) is 7.94. The Labute approximate surface area is 282 Å². The number of amides is 1. The van der Waals surface area contributed by atoms with Gasteiger partial charge in [-0.3, -0.25) is 24.6 Å². The molecule has 0 aromatic heterocycles. The molecule has 1 amide bonds. The number of nitrogens with zero attached hydrogens (tertiary/aromatic N) is 2. The lowest BCUT2D eigenvalue weighted by Crippen LogP contribution is -2.41. The number of nitrogens with one attached hydrogen (secondary N) is 1. The SMILES string of the molecule is COC(=O)[C@H]1CC2(CN1Cc1ccc(OC)cc1)OC(C)C(C)O2.COc1ccc(CN2CC3(C[C@@H]2C(=O)NO)OC(C)C(C)O3)cc1. The molecule has 0 bridgehead atoms. The highest BCUT2D eigenvalue weighted by Gasteiger charge is 2.55. The maximum absolute atomic E-state index is 12.2. The van der Waals surface area contributed by atoms with E-state index in [1.165, 1.54) is 7.11 Å². The summed E-state index contributed by atoms with van der Waals surface area (Å²) in [6.07, 6.45) is 0.871. The zero-order valence-electron chi connectivity index (χ0n) is 28.8. The summed E-state index contributed by atoms with van der Waals surface area (Å²) < 4.78 is 39.5. The fraction of sp³-hybridized carbons (Fsp3) is 0.600. The number of hydrogen-bond acceptors (Lipinski definition) is 12. The zero-order chi connectivity index (χ0) is 34.6. The highest BCUT2D eigenvalue weighted by molar-refractivity contribution is 5.81. The van der Waals surface area contributed by atoms with E-state index >= 15 is 0 Å². The quantitative estimate of drug-likeness (QED) is 0.242. The van der Waals surface area contributed by atoms with Gasteiger partial charge in [0.25, 0.3) is 5.91 Å². The number of esters is 1. The Balaban J connectivity index is 0.000000188. The summed E-state index contributed by atoms with van der Waals surface area (Å²) in [7, 11) is 4.68. The van der Waals surface area contributed by atoms with E-state index in [-0.39, 0.29) is 36.4 Å². The van der Waals surface area contributed by atoms with Crippen LogP contribution in [-0.4, -0.2) is 109 Å². The van der Waals surface area contributed by atoms with Gasteiger partial charge in [0.15, 0.2) is 11.6 Å². The molecule has 4 saturated heterocycles. The highest BCUT2D eigenvalue weighted by Crippen LogP contribution is 2.41. The molecule has 4 aliphatic heterocycles. The minimum Gasteiger partial charge on any atom is -0.497 e. The van der Waals surface area contributed by atoms with E-state index in [4.69, 9.17) is 38.4 Å². The van der Waals surface area contributed by atoms with Crippen molar-refractivity contribution < 1.29 is 48.0 Å². The van der Waals surface area contributed by atoms with E-state index in [2.05, 4.69) is 4.90 Å². The number of ether oxygens (including phenoxy) is 7. The van der Waals surface area contributed by atoms with Crippen LogP contribution in [0.15, 0.2) is 48.5 Å². The summed E-state index contributed by atoms with van der Waals surface area (Å²) in [5.41, 5.74) is 3.90. The van der Waals surface area contributed by atoms with Crippen LogP contribution in [0.5, 0.6) is 11.5 Å². The average Bonchev–Trinajstić information content (AvgIpc) is 3.78. The number of rotatable bonds is 8. The largest absolute Gasteiger partial charge is 0.497 e. The molecule has 13 nitrogen and oxygen atoms in total. The van der Waals surface area contributed by atoms with Gasteiger partial charge in [0, 0.05) is 25.9 Å². The van der Waals surface area contributed by atoms with Crippen LogP contribution in [0.3, 0.4) is 0 Å². The van der Waals surface area contributed by atoms with E-state index in [9.17, 15) is 9.59 Å². The molecule has 4 unspecified atom stereocenters. The standard InChI is InChI=1S/C18H25NO5.C17H24N2O5/c1-12-13(2)24-18(23-12)9-16(17(20)22-4)19(11-18)10-14-5-7-15(21-3)8-6-14;1-11-12(2)24-17(23-11)8-15(16(20)18-21)19(10-17)9-13-4-6-14(22-3)7-5-13/h5-8,12-13,16H,9-11H2,1-4H3;4-7,11-12,15,21H,8-10H2,1-3H3,(H,18,20)/t12?,13?,16-,18?;11?,12?,15-,17?/m11/s1. The normalized spacial score (nSPS) is 33.1. The van der Waals surface area contributed by atoms with Gasteiger partial charge in [-0.15, -0.1) is 0 Å². The van der Waals surface area contributed by atoms with Crippen LogP contribution in [-0.2, 0) is 46.4 Å². The number of benzene rings is 2. The van der Waals surface area contributed by atoms with Gasteiger partial charge in [0.05, 0.1) is 64.9 Å². The molecule has 0 saturated carbocycles. The molecule has 2 aromatic rings. The van der Waals surface area contributed by atoms with Crippen molar-refractivity contribution in [2.75, 3.05) is 34.4 Å². The molecule has 48 heavy (non-hydrogen) atoms. The van der Waals surface area contributed by atoms with Crippen molar-refractivity contribution in [1.29, 1.82) is 0 Å². The lowest BCUT2D eigenvalue weighted by Gasteiger charge is -2.24. The second-order valence-corrected chi connectivity index (χ2v) is 13.1. The van der Waals surface area contributed by atoms with Crippen molar-refractivity contribution in [1.82, 2.24) is 15.3 Å². The van der Waals surface area contributed by atoms with Gasteiger partial charge in [-0.1, -0.05) is 24.3 Å². The van der Waals surface area contributed by atoms with Gasteiger partial charge in [-0.25, -0.2) is 5.48 Å². The first-order valence-electron chi connectivity index (χ1n) is 16.4. The van der Waals surface area contributed by atoms with Crippen molar-refractivity contribution in [3.8, 4) is 11.5 Å². The fourth-order valence-corrected chi connectivity index (χ4v) is 6.92. The second kappa shape index (κ2) is 15.1. The second-order valence-electron chi connectivity index (χ2n) is 13.1. The maximum Gasteiger partial charge on any atom is 0.323 e. The first-order valence-corrected chi connectivity index (χ1v) is 16.4. The highest BCUT2D eigenvalue weighted by atomic mass is 16.8. The van der Waals surface area contributed by atoms with Gasteiger partial charge in [0.2, 0.25) is 0 Å². The van der Waals surface area contributed by atoms with E-state index in [0.29, 0.717) is 39.0 Å². The molecule has 4 fully saturated rings. The molecule has 2 aromatic carbocycles. The number of hydroxylamine groups is 1. The predicted octanol–water partition coefficient (Wildman–Crippen LogP) is 3.26. The van der Waals surface area contributed by atoms with Gasteiger partial charge in [-0.2, -0.15) is 0 Å². The molecule has 2 spiro atoms. The topological polar surface area (TPSA) is 137 Å². The van der Waals surface area contributed by atoms with Gasteiger partial charge in [0.1, 0.15) is 17.5 Å². The number of likely N-dealkylation sites (tertiary alicyclic amines) is 2. The van der Waals surface area contributed by atoms with E-state index < -0.39 is 23.5 Å². The molecule has 0 radical (unpaired) electrons. The zero-order valence-corrected chi connectivity index (χ0v) is 28.8. The molecule has 13 heteroatoms. The van der Waals surface area contributed by atoms with Crippen molar-refractivity contribution in [3.05, 3.63) is 59.7 Å². The van der Waals surface area contributed by atoms with E-state index in [1.54, 1.807) is 19.7 Å². The van der Waals surface area contributed by atoms with Gasteiger partial charge < -0.3 is 33.2 Å². The Hall–Kier alpha value is -3.30. The van der Waals surface area contributed by atoms with Crippen molar-refractivity contribution in [3.63, 3.8) is 0 Å². The summed E-state index contributed by atoms with van der Waals surface area (Å²) in [5, 5.41) is 9.06. The smallest absolute Gasteiger partial charge is 0.323 e. The maximum atomic E-state index is 12.2. The van der Waals surface area contributed by atoms with Crippen LogP contribution in [0, 0.1) is 0 Å². The van der Waals surface area contributed by atoms with Gasteiger partial charge in [-0.05, 0) is 63.1 Å². The fourth-order valence-electron chi connectivity index (χ4n) is 6.92. The lowest BCUT2D eigenvalue weighted by molar-refractivity contribution is -0.164. The molecule has 0 aliphatic carbocycles. The number of hydrogen-bond donors (Lipinski definition) is 2. The monoisotopic (exact) mass is 671 g/mol.